The fourth-order valence-electron chi connectivity index (χ4n) is 1.98. The topological polar surface area (TPSA) is 26.0 Å². The molecule has 78 valence electrons. The van der Waals surface area contributed by atoms with Gasteiger partial charge in [0, 0.05) is 5.54 Å². The largest absolute Gasteiger partial charge is 0.325 e. The minimum Gasteiger partial charge on any atom is -0.325 e. The summed E-state index contributed by atoms with van der Waals surface area (Å²) in [6.07, 6.45) is 8.41. The summed E-state index contributed by atoms with van der Waals surface area (Å²) in [4.78, 5) is 0. The quantitative estimate of drug-likeness (QED) is 0.759. The van der Waals surface area contributed by atoms with Crippen molar-refractivity contribution in [2.45, 2.75) is 51.5 Å². The van der Waals surface area contributed by atoms with Crippen LogP contribution in [0.4, 0.5) is 0 Å². The molecule has 0 aromatic heterocycles. The number of hydrogen-bond acceptors (Lipinski definition) is 2. The van der Waals surface area contributed by atoms with Crippen molar-refractivity contribution < 1.29 is 0 Å². The van der Waals surface area contributed by atoms with Gasteiger partial charge in [0.1, 0.15) is 0 Å². The Labute approximate surface area is 86.8 Å². The van der Waals surface area contributed by atoms with Gasteiger partial charge in [-0.3, -0.25) is 0 Å². The third-order valence-corrected chi connectivity index (χ3v) is 4.02. The van der Waals surface area contributed by atoms with E-state index < -0.39 is 0 Å². The zero-order valence-corrected chi connectivity index (χ0v) is 10.0. The van der Waals surface area contributed by atoms with Crippen molar-refractivity contribution >= 4 is 11.8 Å². The van der Waals surface area contributed by atoms with Gasteiger partial charge in [0.05, 0.1) is 0 Å². The molecule has 1 aliphatic rings. The van der Waals surface area contributed by atoms with Gasteiger partial charge < -0.3 is 5.73 Å². The Kier molecular flexibility index (Phi) is 3.70. The Morgan fingerprint density at radius 2 is 1.69 bits per heavy atom. The predicted molar refractivity (Wildman–Crippen MR) is 62.2 cm³/mol. The van der Waals surface area contributed by atoms with Crippen LogP contribution in [0.25, 0.3) is 0 Å². The summed E-state index contributed by atoms with van der Waals surface area (Å²) in [5.41, 5.74) is 7.06. The van der Waals surface area contributed by atoms with E-state index in [0.717, 1.165) is 0 Å². The van der Waals surface area contributed by atoms with Crippen molar-refractivity contribution in [3.63, 3.8) is 0 Å². The second-order valence-corrected chi connectivity index (χ2v) is 6.25. The van der Waals surface area contributed by atoms with Gasteiger partial charge in [0.2, 0.25) is 0 Å². The molecule has 2 heteroatoms. The summed E-state index contributed by atoms with van der Waals surface area (Å²) >= 11 is 1.91. The van der Waals surface area contributed by atoms with E-state index in [1.165, 1.54) is 37.9 Å². The number of rotatable bonds is 3. The van der Waals surface area contributed by atoms with Crippen LogP contribution in [-0.2, 0) is 0 Å². The van der Waals surface area contributed by atoms with Crippen LogP contribution >= 0.6 is 11.8 Å². The lowest BCUT2D eigenvalue weighted by Crippen LogP contribution is -2.45. The summed E-state index contributed by atoms with van der Waals surface area (Å²) in [5, 5.41) is 0. The van der Waals surface area contributed by atoms with Gasteiger partial charge in [-0.25, -0.2) is 0 Å². The van der Waals surface area contributed by atoms with Crippen LogP contribution in [0.5, 0.6) is 0 Å². The summed E-state index contributed by atoms with van der Waals surface area (Å²) in [6, 6.07) is 0. The van der Waals surface area contributed by atoms with E-state index in [1.54, 1.807) is 0 Å². The summed E-state index contributed by atoms with van der Waals surface area (Å²) in [5.74, 6) is 1.22. The van der Waals surface area contributed by atoms with Crippen LogP contribution in [0.3, 0.4) is 0 Å². The van der Waals surface area contributed by atoms with Crippen molar-refractivity contribution in [3.8, 4) is 0 Å². The molecule has 0 bridgehead atoms. The number of thioether (sulfide) groups is 1. The zero-order chi connectivity index (χ0) is 9.95. The molecule has 0 aliphatic heterocycles. The molecule has 0 aromatic carbocycles. The Hall–Kier alpha value is 0.310. The molecule has 1 rings (SSSR count). The van der Waals surface area contributed by atoms with Crippen LogP contribution in [0.15, 0.2) is 0 Å². The van der Waals surface area contributed by atoms with Gasteiger partial charge in [0.15, 0.2) is 0 Å². The fourth-order valence-corrected chi connectivity index (χ4v) is 2.59. The Balaban J connectivity index is 2.37. The smallest absolute Gasteiger partial charge is 0.0162 e. The average molecular weight is 201 g/mol. The molecule has 0 saturated heterocycles. The lowest BCUT2D eigenvalue weighted by Gasteiger charge is -2.41. The highest BCUT2D eigenvalue weighted by Gasteiger charge is 2.34. The standard InChI is InChI=1S/C11H23NS/c1-10(2)4-6-11(12,7-5-10)8-9-13-3/h4-9,12H2,1-3H3. The molecule has 0 atom stereocenters. The minimum atomic E-state index is 0.165. The zero-order valence-electron chi connectivity index (χ0n) is 9.23. The van der Waals surface area contributed by atoms with E-state index in [9.17, 15) is 0 Å². The Morgan fingerprint density at radius 1 is 1.15 bits per heavy atom. The second-order valence-electron chi connectivity index (χ2n) is 5.27. The first kappa shape index (κ1) is 11.4. The van der Waals surface area contributed by atoms with E-state index >= 15 is 0 Å². The maximum absolute atomic E-state index is 6.35. The highest BCUT2D eigenvalue weighted by atomic mass is 32.2. The third-order valence-electron chi connectivity index (χ3n) is 3.40. The molecule has 13 heavy (non-hydrogen) atoms. The molecule has 1 aliphatic carbocycles. The van der Waals surface area contributed by atoms with Crippen LogP contribution in [-0.4, -0.2) is 17.5 Å². The first-order valence-electron chi connectivity index (χ1n) is 5.25. The molecule has 1 nitrogen and oxygen atoms in total. The van der Waals surface area contributed by atoms with E-state index in [1.807, 2.05) is 11.8 Å². The monoisotopic (exact) mass is 201 g/mol. The molecule has 1 saturated carbocycles. The summed E-state index contributed by atoms with van der Waals surface area (Å²) in [6.45, 7) is 4.72. The molecule has 0 radical (unpaired) electrons. The average Bonchev–Trinajstić information content (AvgIpc) is 2.08. The van der Waals surface area contributed by atoms with Crippen LogP contribution in [0.2, 0.25) is 0 Å². The molecule has 0 heterocycles. The normalized spacial score (nSPS) is 25.8. The molecule has 0 amide bonds. The maximum atomic E-state index is 6.35. The van der Waals surface area contributed by atoms with Gasteiger partial charge in [-0.15, -0.1) is 0 Å². The molecule has 2 N–H and O–H groups in total. The lowest BCUT2D eigenvalue weighted by atomic mass is 9.69. The van der Waals surface area contributed by atoms with Crippen molar-refractivity contribution in [2.24, 2.45) is 11.1 Å². The van der Waals surface area contributed by atoms with Crippen molar-refractivity contribution in [3.05, 3.63) is 0 Å². The maximum Gasteiger partial charge on any atom is 0.0162 e. The van der Waals surface area contributed by atoms with Crippen molar-refractivity contribution in [2.75, 3.05) is 12.0 Å². The van der Waals surface area contributed by atoms with Gasteiger partial charge >= 0.3 is 0 Å². The first-order valence-corrected chi connectivity index (χ1v) is 6.65. The highest BCUT2D eigenvalue weighted by molar-refractivity contribution is 7.98. The van der Waals surface area contributed by atoms with Gasteiger partial charge in [0.25, 0.3) is 0 Å². The minimum absolute atomic E-state index is 0.165. The number of nitrogens with two attached hydrogens (primary N) is 1. The molecule has 0 spiro atoms. The summed E-state index contributed by atoms with van der Waals surface area (Å²) < 4.78 is 0. The molecular weight excluding hydrogens is 178 g/mol. The third kappa shape index (κ3) is 3.51. The second kappa shape index (κ2) is 4.22. The van der Waals surface area contributed by atoms with E-state index in [2.05, 4.69) is 20.1 Å². The van der Waals surface area contributed by atoms with Crippen LogP contribution in [0.1, 0.15) is 46.0 Å². The van der Waals surface area contributed by atoms with E-state index in [4.69, 9.17) is 5.73 Å². The van der Waals surface area contributed by atoms with Crippen LogP contribution in [0, 0.1) is 5.41 Å². The van der Waals surface area contributed by atoms with Crippen molar-refractivity contribution in [1.82, 2.24) is 0 Å². The predicted octanol–water partition coefficient (Wildman–Crippen LogP) is 3.04. The highest BCUT2D eigenvalue weighted by Crippen LogP contribution is 2.40. The number of hydrogen-bond donors (Lipinski definition) is 1. The lowest BCUT2D eigenvalue weighted by molar-refractivity contribution is 0.162. The molecule has 1 fully saturated rings. The van der Waals surface area contributed by atoms with E-state index in [0.29, 0.717) is 5.41 Å². The SMILES string of the molecule is CSCCC1(N)CCC(C)(C)CC1. The van der Waals surface area contributed by atoms with E-state index in [-0.39, 0.29) is 5.54 Å². The Bertz CT molecular complexity index is 155. The first-order chi connectivity index (χ1) is 5.97. The molecule has 0 unspecified atom stereocenters. The van der Waals surface area contributed by atoms with Crippen molar-refractivity contribution in [1.29, 1.82) is 0 Å². The van der Waals surface area contributed by atoms with Gasteiger partial charge in [-0.2, -0.15) is 11.8 Å². The Morgan fingerprint density at radius 3 is 2.15 bits per heavy atom. The van der Waals surface area contributed by atoms with Crippen LogP contribution < -0.4 is 5.73 Å². The molecule has 0 aromatic rings. The van der Waals surface area contributed by atoms with Gasteiger partial charge in [-0.05, 0) is 49.5 Å². The van der Waals surface area contributed by atoms with Gasteiger partial charge in [-0.1, -0.05) is 13.8 Å². The molecular formula is C11H23NS. The fraction of sp³-hybridized carbons (Fsp3) is 1.00. The summed E-state index contributed by atoms with van der Waals surface area (Å²) in [7, 11) is 0.